The van der Waals surface area contributed by atoms with Gasteiger partial charge in [-0.1, -0.05) is 29.5 Å². The molecule has 1 heterocycles. The molecule has 1 aromatic heterocycles. The van der Waals surface area contributed by atoms with E-state index in [9.17, 15) is 23.3 Å². The zero-order valence-corrected chi connectivity index (χ0v) is 19.9. The van der Waals surface area contributed by atoms with Gasteiger partial charge in [-0.2, -0.15) is 4.99 Å². The minimum Gasteiger partial charge on any atom is -0.319 e. The fraction of sp³-hybridized carbons (Fsp3) is 0.130. The van der Waals surface area contributed by atoms with Crippen molar-refractivity contribution in [2.45, 2.75) is 11.8 Å². The Morgan fingerprint density at radius 3 is 2.38 bits per heavy atom. The Labute approximate surface area is 199 Å². The van der Waals surface area contributed by atoms with Gasteiger partial charge in [-0.15, -0.1) is 0 Å². The van der Waals surface area contributed by atoms with Gasteiger partial charge in [-0.25, -0.2) is 8.42 Å². The third-order valence-corrected chi connectivity index (χ3v) is 8.23. The maximum absolute atomic E-state index is 13.1. The molecule has 11 heteroatoms. The Kier molecular flexibility index (Phi) is 6.31. The molecule has 0 radical (unpaired) electrons. The van der Waals surface area contributed by atoms with Crippen LogP contribution in [-0.2, 0) is 17.1 Å². The zero-order valence-electron chi connectivity index (χ0n) is 18.3. The molecule has 4 rings (SSSR count). The molecule has 3 aromatic carbocycles. The number of hydrogen-bond acceptors (Lipinski definition) is 6. The number of aromatic nitrogens is 1. The first-order chi connectivity index (χ1) is 16.2. The van der Waals surface area contributed by atoms with Crippen LogP contribution in [0.3, 0.4) is 0 Å². The number of hydrogen-bond donors (Lipinski definition) is 0. The molecule has 0 unspecified atom stereocenters. The van der Waals surface area contributed by atoms with Gasteiger partial charge in [0.1, 0.15) is 0 Å². The van der Waals surface area contributed by atoms with E-state index in [1.54, 1.807) is 48.9 Å². The summed E-state index contributed by atoms with van der Waals surface area (Å²) in [6.45, 7) is 2.00. The molecule has 0 saturated heterocycles. The normalized spacial score (nSPS) is 12.1. The molecule has 0 bridgehead atoms. The van der Waals surface area contributed by atoms with Crippen molar-refractivity contribution in [3.63, 3.8) is 0 Å². The Morgan fingerprint density at radius 1 is 1.09 bits per heavy atom. The highest BCUT2D eigenvalue weighted by Gasteiger charge is 2.23. The summed E-state index contributed by atoms with van der Waals surface area (Å²) in [4.78, 5) is 27.9. The van der Waals surface area contributed by atoms with E-state index >= 15 is 0 Å². The number of nitrogens with zero attached hydrogens (tertiary/aromatic N) is 4. The average molecular weight is 497 g/mol. The Bertz CT molecular complexity index is 1560. The second-order valence-corrected chi connectivity index (χ2v) is 10.2. The number of fused-ring (bicyclic) bond motifs is 1. The van der Waals surface area contributed by atoms with Crippen molar-refractivity contribution >= 4 is 48.9 Å². The lowest BCUT2D eigenvalue weighted by molar-refractivity contribution is -0.384. The van der Waals surface area contributed by atoms with Crippen molar-refractivity contribution < 1.29 is 18.1 Å². The molecule has 1 amide bonds. The van der Waals surface area contributed by atoms with Gasteiger partial charge in [0.2, 0.25) is 0 Å². The van der Waals surface area contributed by atoms with Gasteiger partial charge in [0.05, 0.1) is 25.7 Å². The minimum atomic E-state index is -3.81. The van der Waals surface area contributed by atoms with E-state index in [1.165, 1.54) is 40.7 Å². The van der Waals surface area contributed by atoms with Gasteiger partial charge in [-0.05, 0) is 49.4 Å². The molecular formula is C23H20N4O5S2. The van der Waals surface area contributed by atoms with E-state index in [0.29, 0.717) is 20.7 Å². The molecule has 34 heavy (non-hydrogen) atoms. The number of thiazole rings is 1. The van der Waals surface area contributed by atoms with Crippen LogP contribution in [0.2, 0.25) is 0 Å². The summed E-state index contributed by atoms with van der Waals surface area (Å²) >= 11 is 1.16. The van der Waals surface area contributed by atoms with Crippen LogP contribution in [0.15, 0.2) is 82.7 Å². The zero-order chi connectivity index (χ0) is 24.5. The van der Waals surface area contributed by atoms with Gasteiger partial charge in [0.25, 0.3) is 21.6 Å². The number of sulfonamides is 1. The van der Waals surface area contributed by atoms with Gasteiger partial charge in [0.15, 0.2) is 4.80 Å². The largest absolute Gasteiger partial charge is 0.319 e. The molecule has 174 valence electrons. The van der Waals surface area contributed by atoms with Crippen LogP contribution in [0, 0.1) is 10.1 Å². The molecule has 0 atom stereocenters. The predicted molar refractivity (Wildman–Crippen MR) is 130 cm³/mol. The lowest BCUT2D eigenvalue weighted by Gasteiger charge is -2.22. The maximum Gasteiger partial charge on any atom is 0.279 e. The first kappa shape index (κ1) is 23.3. The molecule has 0 fully saturated rings. The second kappa shape index (κ2) is 9.20. The van der Waals surface area contributed by atoms with Crippen molar-refractivity contribution in [1.82, 2.24) is 4.57 Å². The number of benzene rings is 3. The number of aryl methyl sites for hydroxylation is 1. The molecule has 0 aliphatic carbocycles. The van der Waals surface area contributed by atoms with Crippen LogP contribution in [-0.4, -0.2) is 30.4 Å². The first-order valence-corrected chi connectivity index (χ1v) is 12.5. The lowest BCUT2D eigenvalue weighted by atomic mass is 10.2. The van der Waals surface area contributed by atoms with Gasteiger partial charge in [-0.3, -0.25) is 19.2 Å². The molecule has 0 spiro atoms. The number of carbonyl (C=O) groups is 1. The van der Waals surface area contributed by atoms with Crippen LogP contribution < -0.4 is 9.11 Å². The first-order valence-electron chi connectivity index (χ1n) is 10.2. The molecule has 0 aliphatic heterocycles. The SMILES string of the molecule is CCN(c1ccccc1)S(=O)(=O)c1ccc(C(=O)N=c2sc3cc([N+](=O)[O-])ccc3n2C)cc1. The average Bonchev–Trinajstić information content (AvgIpc) is 3.14. The summed E-state index contributed by atoms with van der Waals surface area (Å²) in [6.07, 6.45) is 0. The number of non-ortho nitro benzene ring substituents is 1. The number of nitro benzene ring substituents is 1. The van der Waals surface area contributed by atoms with Crippen molar-refractivity contribution in [1.29, 1.82) is 0 Å². The fourth-order valence-electron chi connectivity index (χ4n) is 3.48. The summed E-state index contributed by atoms with van der Waals surface area (Å²) in [7, 11) is -2.09. The van der Waals surface area contributed by atoms with E-state index in [0.717, 1.165) is 11.3 Å². The van der Waals surface area contributed by atoms with Crippen molar-refractivity contribution in [2.24, 2.45) is 12.0 Å². The highest BCUT2D eigenvalue weighted by Crippen LogP contribution is 2.24. The monoisotopic (exact) mass is 496 g/mol. The van der Waals surface area contributed by atoms with E-state index in [4.69, 9.17) is 0 Å². The second-order valence-electron chi connectivity index (χ2n) is 7.30. The number of nitro groups is 1. The Hall–Kier alpha value is -3.83. The topological polar surface area (TPSA) is 115 Å². The molecule has 0 aliphatic rings. The van der Waals surface area contributed by atoms with E-state index in [1.807, 2.05) is 6.07 Å². The standard InChI is InChI=1S/C23H20N4O5S2/c1-3-26(17-7-5-4-6-8-17)34(31,32)19-12-9-16(10-13-19)22(28)24-23-25(2)20-14-11-18(27(29)30)15-21(20)33-23/h4-15H,3H2,1-2H3. The van der Waals surface area contributed by atoms with E-state index < -0.39 is 20.9 Å². The highest BCUT2D eigenvalue weighted by atomic mass is 32.2. The number of amides is 1. The number of anilines is 1. The van der Waals surface area contributed by atoms with Gasteiger partial charge < -0.3 is 4.57 Å². The van der Waals surface area contributed by atoms with Crippen LogP contribution in [0.4, 0.5) is 11.4 Å². The lowest BCUT2D eigenvalue weighted by Crippen LogP contribution is -2.30. The van der Waals surface area contributed by atoms with E-state index in [2.05, 4.69) is 4.99 Å². The van der Waals surface area contributed by atoms with Crippen molar-refractivity contribution in [3.05, 3.63) is 93.3 Å². The van der Waals surface area contributed by atoms with Gasteiger partial charge in [0, 0.05) is 31.3 Å². The fourth-order valence-corrected chi connectivity index (χ4v) is 6.00. The highest BCUT2D eigenvalue weighted by molar-refractivity contribution is 7.92. The third kappa shape index (κ3) is 4.35. The Morgan fingerprint density at radius 2 is 1.76 bits per heavy atom. The van der Waals surface area contributed by atoms with Gasteiger partial charge >= 0.3 is 0 Å². The third-order valence-electron chi connectivity index (χ3n) is 5.22. The number of carbonyl (C=O) groups excluding carboxylic acids is 1. The van der Waals surface area contributed by atoms with E-state index in [-0.39, 0.29) is 22.7 Å². The summed E-state index contributed by atoms with van der Waals surface area (Å²) in [5, 5.41) is 11.0. The van der Waals surface area contributed by atoms with Crippen LogP contribution >= 0.6 is 11.3 Å². The molecule has 4 aromatic rings. The molecular weight excluding hydrogens is 476 g/mol. The summed E-state index contributed by atoms with van der Waals surface area (Å²) in [6, 6.07) is 18.9. The molecule has 0 saturated carbocycles. The van der Waals surface area contributed by atoms with Crippen molar-refractivity contribution in [3.8, 4) is 0 Å². The summed E-state index contributed by atoms with van der Waals surface area (Å²) < 4.78 is 29.9. The molecule has 9 nitrogen and oxygen atoms in total. The van der Waals surface area contributed by atoms with Crippen LogP contribution in [0.5, 0.6) is 0 Å². The smallest absolute Gasteiger partial charge is 0.279 e. The number of rotatable bonds is 6. The maximum atomic E-state index is 13.1. The van der Waals surface area contributed by atoms with Crippen molar-refractivity contribution in [2.75, 3.05) is 10.8 Å². The minimum absolute atomic E-state index is 0.0411. The predicted octanol–water partition coefficient (Wildman–Crippen LogP) is 4.10. The van der Waals surface area contributed by atoms with Crippen LogP contribution in [0.1, 0.15) is 17.3 Å². The summed E-state index contributed by atoms with van der Waals surface area (Å²) in [5.74, 6) is -0.545. The molecule has 0 N–H and O–H groups in total. The quantitative estimate of drug-likeness (QED) is 0.294. The summed E-state index contributed by atoms with van der Waals surface area (Å²) in [5.41, 5.74) is 1.45. The van der Waals surface area contributed by atoms with Crippen LogP contribution in [0.25, 0.3) is 10.2 Å². The number of para-hydroxylation sites is 1. The Balaban J connectivity index is 1.64.